The van der Waals surface area contributed by atoms with Gasteiger partial charge in [0.25, 0.3) is 0 Å². The van der Waals surface area contributed by atoms with E-state index in [1.807, 2.05) is 6.92 Å². The van der Waals surface area contributed by atoms with Crippen molar-refractivity contribution in [1.29, 1.82) is 0 Å². The fraction of sp³-hybridized carbons (Fsp3) is 0.615. The first-order valence-corrected chi connectivity index (χ1v) is 6.13. The second-order valence-corrected chi connectivity index (χ2v) is 4.35. The molecule has 1 heterocycles. The number of nitrogens with one attached hydrogen (secondary N) is 1. The van der Waals surface area contributed by atoms with E-state index < -0.39 is 5.97 Å². The third-order valence-corrected chi connectivity index (χ3v) is 2.77. The molecule has 0 aliphatic rings. The quantitative estimate of drug-likeness (QED) is 0.728. The Hall–Kier alpha value is -1.33. The number of hydrogen-bond acceptors (Lipinski definition) is 5. The van der Waals surface area contributed by atoms with E-state index >= 15 is 0 Å². The Balaban J connectivity index is 2.53. The lowest BCUT2D eigenvalue weighted by Gasteiger charge is -2.18. The number of aliphatic hydroxyl groups is 1. The number of furan rings is 1. The molecule has 0 spiro atoms. The van der Waals surface area contributed by atoms with Gasteiger partial charge in [-0.1, -0.05) is 0 Å². The van der Waals surface area contributed by atoms with E-state index in [0.29, 0.717) is 5.76 Å². The average molecular weight is 255 g/mol. The highest BCUT2D eigenvalue weighted by atomic mass is 16.5. The first kappa shape index (κ1) is 14.7. The van der Waals surface area contributed by atoms with Crippen LogP contribution in [-0.4, -0.2) is 30.8 Å². The summed E-state index contributed by atoms with van der Waals surface area (Å²) in [6, 6.07) is 3.66. The smallest absolute Gasteiger partial charge is 0.373 e. The summed E-state index contributed by atoms with van der Waals surface area (Å²) in [6.45, 7) is 4.22. The zero-order chi connectivity index (χ0) is 13.5. The number of esters is 1. The summed E-state index contributed by atoms with van der Waals surface area (Å²) in [5.41, 5.74) is 0. The van der Waals surface area contributed by atoms with Crippen molar-refractivity contribution in [3.05, 3.63) is 23.7 Å². The lowest BCUT2D eigenvalue weighted by molar-refractivity contribution is 0.0562. The molecular weight excluding hydrogens is 234 g/mol. The van der Waals surface area contributed by atoms with Crippen LogP contribution in [0.4, 0.5) is 0 Å². The van der Waals surface area contributed by atoms with Crippen LogP contribution < -0.4 is 5.32 Å². The fourth-order valence-corrected chi connectivity index (χ4v) is 1.79. The summed E-state index contributed by atoms with van der Waals surface area (Å²) < 4.78 is 10.00. The van der Waals surface area contributed by atoms with E-state index in [1.54, 1.807) is 12.1 Å². The number of methoxy groups -OCH3 is 1. The molecule has 1 aromatic heterocycles. The molecule has 0 bridgehead atoms. The van der Waals surface area contributed by atoms with Gasteiger partial charge >= 0.3 is 5.97 Å². The van der Waals surface area contributed by atoms with Crippen molar-refractivity contribution in [2.24, 2.45) is 0 Å². The third-order valence-electron chi connectivity index (χ3n) is 2.77. The van der Waals surface area contributed by atoms with Crippen LogP contribution in [0.25, 0.3) is 0 Å². The molecule has 1 rings (SSSR count). The summed E-state index contributed by atoms with van der Waals surface area (Å²) in [6.07, 6.45) is 1.66. The maximum absolute atomic E-state index is 11.2. The molecule has 0 amide bonds. The standard InChI is InChI=1S/C13H21NO4/c1-9(5-4-8-15)14-10(2)11-6-7-12(18-11)13(16)17-3/h6-7,9-10,14-15H,4-5,8H2,1-3H3. The molecule has 0 aliphatic carbocycles. The van der Waals surface area contributed by atoms with Crippen LogP contribution >= 0.6 is 0 Å². The van der Waals surface area contributed by atoms with Crippen LogP contribution in [0.1, 0.15) is 49.0 Å². The highest BCUT2D eigenvalue weighted by molar-refractivity contribution is 5.86. The molecule has 5 nitrogen and oxygen atoms in total. The number of rotatable bonds is 7. The van der Waals surface area contributed by atoms with E-state index in [0.717, 1.165) is 12.8 Å². The Morgan fingerprint density at radius 1 is 1.50 bits per heavy atom. The van der Waals surface area contributed by atoms with Gasteiger partial charge in [0.05, 0.1) is 13.2 Å². The molecule has 0 aromatic carbocycles. The molecule has 0 radical (unpaired) electrons. The Bertz CT molecular complexity index is 375. The second-order valence-electron chi connectivity index (χ2n) is 4.35. The van der Waals surface area contributed by atoms with E-state index in [9.17, 15) is 4.79 Å². The molecule has 2 N–H and O–H groups in total. The Morgan fingerprint density at radius 3 is 2.83 bits per heavy atom. The molecule has 2 atom stereocenters. The van der Waals surface area contributed by atoms with Gasteiger partial charge in [-0.2, -0.15) is 0 Å². The molecule has 0 aliphatic heterocycles. The van der Waals surface area contributed by atoms with Gasteiger partial charge in [0.15, 0.2) is 0 Å². The predicted octanol–water partition coefficient (Wildman–Crippen LogP) is 1.88. The van der Waals surface area contributed by atoms with Gasteiger partial charge in [0.2, 0.25) is 5.76 Å². The summed E-state index contributed by atoms with van der Waals surface area (Å²) in [5.74, 6) is 0.442. The van der Waals surface area contributed by atoms with Crippen molar-refractivity contribution in [2.75, 3.05) is 13.7 Å². The van der Waals surface area contributed by atoms with Gasteiger partial charge in [-0.15, -0.1) is 0 Å². The lowest BCUT2D eigenvalue weighted by Crippen LogP contribution is -2.28. The molecule has 2 unspecified atom stereocenters. The Labute approximate surface area is 107 Å². The normalized spacial score (nSPS) is 14.2. The monoisotopic (exact) mass is 255 g/mol. The molecule has 102 valence electrons. The van der Waals surface area contributed by atoms with Crippen molar-refractivity contribution in [1.82, 2.24) is 5.32 Å². The molecular formula is C13H21NO4. The molecule has 0 fully saturated rings. The molecule has 18 heavy (non-hydrogen) atoms. The Morgan fingerprint density at radius 2 is 2.22 bits per heavy atom. The first-order chi connectivity index (χ1) is 8.58. The SMILES string of the molecule is COC(=O)c1ccc(C(C)NC(C)CCCO)o1. The van der Waals surface area contributed by atoms with Crippen molar-refractivity contribution >= 4 is 5.97 Å². The molecule has 1 aromatic rings. The van der Waals surface area contributed by atoms with E-state index in [2.05, 4.69) is 17.0 Å². The van der Waals surface area contributed by atoms with Gasteiger partial charge in [-0.25, -0.2) is 4.79 Å². The Kier molecular flexibility index (Phi) is 5.88. The third kappa shape index (κ3) is 4.16. The summed E-state index contributed by atoms with van der Waals surface area (Å²) >= 11 is 0. The van der Waals surface area contributed by atoms with Crippen LogP contribution in [0, 0.1) is 0 Å². The minimum atomic E-state index is -0.471. The van der Waals surface area contributed by atoms with Gasteiger partial charge in [-0.05, 0) is 38.8 Å². The van der Waals surface area contributed by atoms with Crippen LogP contribution in [0.15, 0.2) is 16.5 Å². The van der Waals surface area contributed by atoms with Crippen LogP contribution in [0.3, 0.4) is 0 Å². The first-order valence-electron chi connectivity index (χ1n) is 6.13. The fourth-order valence-electron chi connectivity index (χ4n) is 1.79. The maximum atomic E-state index is 11.2. The number of aliphatic hydroxyl groups excluding tert-OH is 1. The van der Waals surface area contributed by atoms with Crippen molar-refractivity contribution < 1.29 is 19.1 Å². The highest BCUT2D eigenvalue weighted by Crippen LogP contribution is 2.18. The summed E-state index contributed by atoms with van der Waals surface area (Å²) in [5, 5.41) is 12.1. The van der Waals surface area contributed by atoms with Crippen LogP contribution in [0.2, 0.25) is 0 Å². The van der Waals surface area contributed by atoms with Gasteiger partial charge in [0.1, 0.15) is 5.76 Å². The molecule has 0 saturated carbocycles. The number of ether oxygens (including phenoxy) is 1. The van der Waals surface area contributed by atoms with Gasteiger partial charge in [0, 0.05) is 12.6 Å². The second kappa shape index (κ2) is 7.18. The number of carbonyl (C=O) groups excluding carboxylic acids is 1. The maximum Gasteiger partial charge on any atom is 0.373 e. The zero-order valence-corrected chi connectivity index (χ0v) is 11.1. The lowest BCUT2D eigenvalue weighted by atomic mass is 10.1. The molecule has 5 heteroatoms. The van der Waals surface area contributed by atoms with Crippen molar-refractivity contribution in [3.8, 4) is 0 Å². The minimum Gasteiger partial charge on any atom is -0.463 e. The van der Waals surface area contributed by atoms with Crippen LogP contribution in [-0.2, 0) is 4.74 Å². The largest absolute Gasteiger partial charge is 0.463 e. The summed E-state index contributed by atoms with van der Waals surface area (Å²) in [7, 11) is 1.32. The average Bonchev–Trinajstić information content (AvgIpc) is 2.85. The van der Waals surface area contributed by atoms with E-state index in [4.69, 9.17) is 9.52 Å². The van der Waals surface area contributed by atoms with Gasteiger partial charge in [-0.3, -0.25) is 0 Å². The van der Waals surface area contributed by atoms with E-state index in [1.165, 1.54) is 7.11 Å². The zero-order valence-electron chi connectivity index (χ0n) is 11.1. The van der Waals surface area contributed by atoms with Crippen molar-refractivity contribution in [2.45, 2.75) is 38.8 Å². The van der Waals surface area contributed by atoms with Gasteiger partial charge < -0.3 is 19.6 Å². The molecule has 0 saturated heterocycles. The predicted molar refractivity (Wildman–Crippen MR) is 67.4 cm³/mol. The van der Waals surface area contributed by atoms with Crippen LogP contribution in [0.5, 0.6) is 0 Å². The topological polar surface area (TPSA) is 71.7 Å². The van der Waals surface area contributed by atoms with E-state index in [-0.39, 0.29) is 24.5 Å². The number of carbonyl (C=O) groups is 1. The minimum absolute atomic E-state index is 0.0112. The van der Waals surface area contributed by atoms with Crippen molar-refractivity contribution in [3.63, 3.8) is 0 Å². The number of hydrogen-bond donors (Lipinski definition) is 2. The summed E-state index contributed by atoms with van der Waals surface area (Å²) in [4.78, 5) is 11.2. The highest BCUT2D eigenvalue weighted by Gasteiger charge is 2.16.